The average molecular weight is 357 g/mol. The second-order valence-corrected chi connectivity index (χ2v) is 6.78. The molecule has 25 heavy (non-hydrogen) atoms. The van der Waals surface area contributed by atoms with Crippen LogP contribution in [0, 0.1) is 5.92 Å². The Morgan fingerprint density at radius 2 is 1.92 bits per heavy atom. The second-order valence-electron chi connectivity index (χ2n) is 6.78. The van der Waals surface area contributed by atoms with Crippen LogP contribution in [-0.2, 0) is 21.2 Å². The molecule has 1 atom stereocenters. The number of carbonyl (C=O) groups is 2. The summed E-state index contributed by atoms with van der Waals surface area (Å²) in [6.07, 6.45) is -2.00. The second kappa shape index (κ2) is 7.45. The highest BCUT2D eigenvalue weighted by Crippen LogP contribution is 2.43. The highest BCUT2D eigenvalue weighted by atomic mass is 19.4. The van der Waals surface area contributed by atoms with Gasteiger partial charge in [-0.2, -0.15) is 13.2 Å². The Hall–Kier alpha value is -2.05. The van der Waals surface area contributed by atoms with Crippen LogP contribution in [0.3, 0.4) is 0 Å². The molecule has 2 rings (SSSR count). The van der Waals surface area contributed by atoms with Crippen LogP contribution in [0.25, 0.3) is 0 Å². The Kier molecular flexibility index (Phi) is 5.75. The van der Waals surface area contributed by atoms with Gasteiger partial charge < -0.3 is 10.4 Å². The van der Waals surface area contributed by atoms with Crippen LogP contribution in [0.2, 0.25) is 0 Å². The zero-order valence-electron chi connectivity index (χ0n) is 14.0. The lowest BCUT2D eigenvalue weighted by atomic mass is 9.77. The van der Waals surface area contributed by atoms with Gasteiger partial charge in [0.15, 0.2) is 0 Å². The normalized spacial score (nSPS) is 17.9. The smallest absolute Gasteiger partial charge is 0.416 e. The molecule has 138 valence electrons. The third kappa shape index (κ3) is 4.52. The van der Waals surface area contributed by atoms with Crippen LogP contribution in [0.4, 0.5) is 13.2 Å². The SMILES string of the molecule is CC(CNC(=O)C1(c2cccc(C(F)(F)F)c2)CCCC1)CC(=O)O. The Balaban J connectivity index is 2.21. The maximum absolute atomic E-state index is 13.0. The van der Waals surface area contributed by atoms with Gasteiger partial charge in [0.1, 0.15) is 0 Å². The van der Waals surface area contributed by atoms with Crippen molar-refractivity contribution in [2.45, 2.75) is 50.6 Å². The summed E-state index contributed by atoms with van der Waals surface area (Å²) in [5, 5.41) is 11.5. The Morgan fingerprint density at radius 1 is 1.28 bits per heavy atom. The summed E-state index contributed by atoms with van der Waals surface area (Å²) >= 11 is 0. The molecule has 0 radical (unpaired) electrons. The Labute approximate surface area is 144 Å². The van der Waals surface area contributed by atoms with Gasteiger partial charge in [-0.1, -0.05) is 38.0 Å². The van der Waals surface area contributed by atoms with E-state index in [4.69, 9.17) is 5.11 Å². The quantitative estimate of drug-likeness (QED) is 0.815. The van der Waals surface area contributed by atoms with E-state index in [0.717, 1.165) is 25.0 Å². The van der Waals surface area contributed by atoms with Gasteiger partial charge in [-0.3, -0.25) is 9.59 Å². The van der Waals surface area contributed by atoms with Crippen LogP contribution in [-0.4, -0.2) is 23.5 Å². The van der Waals surface area contributed by atoms with Crippen molar-refractivity contribution in [3.63, 3.8) is 0 Å². The van der Waals surface area contributed by atoms with Crippen molar-refractivity contribution in [1.82, 2.24) is 5.32 Å². The number of hydrogen-bond acceptors (Lipinski definition) is 2. The summed E-state index contributed by atoms with van der Waals surface area (Å²) in [7, 11) is 0. The largest absolute Gasteiger partial charge is 0.481 e. The summed E-state index contributed by atoms with van der Waals surface area (Å²) in [5.41, 5.74) is -1.35. The molecule has 1 fully saturated rings. The van der Waals surface area contributed by atoms with Crippen molar-refractivity contribution in [1.29, 1.82) is 0 Å². The topological polar surface area (TPSA) is 66.4 Å². The molecule has 1 unspecified atom stereocenters. The first-order chi connectivity index (χ1) is 11.6. The maximum atomic E-state index is 13.0. The van der Waals surface area contributed by atoms with Crippen LogP contribution in [0.15, 0.2) is 24.3 Å². The molecule has 0 aromatic heterocycles. The molecule has 0 aliphatic heterocycles. The van der Waals surface area contributed by atoms with Crippen LogP contribution in [0.5, 0.6) is 0 Å². The molecule has 7 heteroatoms. The molecule has 1 aromatic rings. The number of amides is 1. The zero-order chi connectivity index (χ0) is 18.7. The third-order valence-electron chi connectivity index (χ3n) is 4.77. The summed E-state index contributed by atoms with van der Waals surface area (Å²) in [4.78, 5) is 23.5. The van der Waals surface area contributed by atoms with E-state index in [1.807, 2.05) is 0 Å². The molecule has 4 nitrogen and oxygen atoms in total. The van der Waals surface area contributed by atoms with Crippen molar-refractivity contribution >= 4 is 11.9 Å². The first kappa shape index (κ1) is 19.3. The van der Waals surface area contributed by atoms with E-state index < -0.39 is 23.1 Å². The maximum Gasteiger partial charge on any atom is 0.416 e. The van der Waals surface area contributed by atoms with Crippen LogP contribution >= 0.6 is 0 Å². The number of alkyl halides is 3. The lowest BCUT2D eigenvalue weighted by molar-refractivity contribution is -0.138. The minimum atomic E-state index is -4.46. The lowest BCUT2D eigenvalue weighted by Crippen LogP contribution is -2.44. The van der Waals surface area contributed by atoms with Crippen molar-refractivity contribution < 1.29 is 27.9 Å². The van der Waals surface area contributed by atoms with Gasteiger partial charge in [-0.05, 0) is 30.4 Å². The number of aliphatic carboxylic acids is 1. The number of rotatable bonds is 6. The molecule has 1 aromatic carbocycles. The fraction of sp³-hybridized carbons (Fsp3) is 0.556. The Bertz CT molecular complexity index is 637. The average Bonchev–Trinajstić information content (AvgIpc) is 3.02. The van der Waals surface area contributed by atoms with Gasteiger partial charge >= 0.3 is 12.1 Å². The summed E-state index contributed by atoms with van der Waals surface area (Å²) < 4.78 is 39.0. The molecule has 1 amide bonds. The van der Waals surface area contributed by atoms with E-state index in [2.05, 4.69) is 5.32 Å². The number of carbonyl (C=O) groups excluding carboxylic acids is 1. The van der Waals surface area contributed by atoms with Gasteiger partial charge in [0.05, 0.1) is 11.0 Å². The van der Waals surface area contributed by atoms with Crippen molar-refractivity contribution in [3.05, 3.63) is 35.4 Å². The zero-order valence-corrected chi connectivity index (χ0v) is 14.0. The standard InChI is InChI=1S/C18H22F3NO3/c1-12(9-15(23)24)11-22-16(25)17(7-2-3-8-17)13-5-4-6-14(10-13)18(19,20)21/h4-6,10,12H,2-3,7-9,11H2,1H3,(H,22,25)(H,23,24). The Morgan fingerprint density at radius 3 is 2.48 bits per heavy atom. The molecule has 0 heterocycles. The number of halogens is 3. The predicted molar refractivity (Wildman–Crippen MR) is 86.0 cm³/mol. The van der Waals surface area contributed by atoms with Gasteiger partial charge in [-0.25, -0.2) is 0 Å². The van der Waals surface area contributed by atoms with Crippen molar-refractivity contribution in [3.8, 4) is 0 Å². The van der Waals surface area contributed by atoms with Crippen molar-refractivity contribution in [2.75, 3.05) is 6.54 Å². The number of hydrogen-bond donors (Lipinski definition) is 2. The summed E-state index contributed by atoms with van der Waals surface area (Å²) in [6.45, 7) is 1.89. The molecule has 0 bridgehead atoms. The molecule has 1 aliphatic rings. The van der Waals surface area contributed by atoms with E-state index in [1.165, 1.54) is 6.07 Å². The number of benzene rings is 1. The first-order valence-corrected chi connectivity index (χ1v) is 8.33. The monoisotopic (exact) mass is 357 g/mol. The molecule has 1 saturated carbocycles. The van der Waals surface area contributed by atoms with E-state index in [9.17, 15) is 22.8 Å². The van der Waals surface area contributed by atoms with Gasteiger partial charge in [0.25, 0.3) is 0 Å². The molecular weight excluding hydrogens is 335 g/mol. The molecule has 2 N–H and O–H groups in total. The molecule has 0 saturated heterocycles. The van der Waals surface area contributed by atoms with Crippen LogP contribution < -0.4 is 5.32 Å². The van der Waals surface area contributed by atoms with E-state index in [-0.39, 0.29) is 24.8 Å². The third-order valence-corrected chi connectivity index (χ3v) is 4.77. The highest BCUT2D eigenvalue weighted by Gasteiger charge is 2.43. The summed E-state index contributed by atoms with van der Waals surface area (Å²) in [5.74, 6) is -1.52. The van der Waals surface area contributed by atoms with Gasteiger partial charge in [0.2, 0.25) is 5.91 Å². The highest BCUT2D eigenvalue weighted by molar-refractivity contribution is 5.88. The predicted octanol–water partition coefficient (Wildman–Crippen LogP) is 3.74. The first-order valence-electron chi connectivity index (χ1n) is 8.33. The van der Waals surface area contributed by atoms with Gasteiger partial charge in [-0.15, -0.1) is 0 Å². The fourth-order valence-corrected chi connectivity index (χ4v) is 3.42. The van der Waals surface area contributed by atoms with Gasteiger partial charge in [0, 0.05) is 13.0 Å². The molecular formula is C18H22F3NO3. The fourth-order valence-electron chi connectivity index (χ4n) is 3.42. The number of carboxylic acid groups (broad SMARTS) is 1. The van der Waals surface area contributed by atoms with Crippen LogP contribution in [0.1, 0.15) is 50.2 Å². The molecule has 1 aliphatic carbocycles. The minimum absolute atomic E-state index is 0.0726. The van der Waals surface area contributed by atoms with E-state index in [1.54, 1.807) is 13.0 Å². The minimum Gasteiger partial charge on any atom is -0.481 e. The van der Waals surface area contributed by atoms with E-state index in [0.29, 0.717) is 18.4 Å². The van der Waals surface area contributed by atoms with E-state index >= 15 is 0 Å². The number of nitrogens with one attached hydrogen (secondary N) is 1. The number of carboxylic acids is 1. The van der Waals surface area contributed by atoms with Crippen molar-refractivity contribution in [2.24, 2.45) is 5.92 Å². The lowest BCUT2D eigenvalue weighted by Gasteiger charge is -2.29. The molecule has 0 spiro atoms. The summed E-state index contributed by atoms with van der Waals surface area (Å²) in [6, 6.07) is 4.96.